The van der Waals surface area contributed by atoms with Crippen LogP contribution in [0.15, 0.2) is 0 Å². The van der Waals surface area contributed by atoms with Crippen LogP contribution in [0, 0.1) is 11.8 Å². The Morgan fingerprint density at radius 2 is 1.88 bits per heavy atom. The summed E-state index contributed by atoms with van der Waals surface area (Å²) >= 11 is 0. The van der Waals surface area contributed by atoms with Crippen molar-refractivity contribution >= 4 is 10.2 Å². The summed E-state index contributed by atoms with van der Waals surface area (Å²) in [6.45, 7) is 5.81. The molecule has 1 heterocycles. The van der Waals surface area contributed by atoms with Crippen LogP contribution in [-0.2, 0) is 10.2 Å². The summed E-state index contributed by atoms with van der Waals surface area (Å²) < 4.78 is 28.9. The molecular formula is C11H23N3O2S. The molecule has 1 unspecified atom stereocenters. The van der Waals surface area contributed by atoms with Crippen LogP contribution < -0.4 is 14.8 Å². The van der Waals surface area contributed by atoms with Crippen LogP contribution >= 0.6 is 0 Å². The van der Waals surface area contributed by atoms with Gasteiger partial charge in [-0.25, -0.2) is 0 Å². The summed E-state index contributed by atoms with van der Waals surface area (Å²) in [5.41, 5.74) is 0. The molecule has 2 aliphatic rings. The van der Waals surface area contributed by atoms with Gasteiger partial charge in [0.05, 0.1) is 0 Å². The van der Waals surface area contributed by atoms with Crippen molar-refractivity contribution < 1.29 is 8.42 Å². The predicted molar refractivity (Wildman–Crippen MR) is 67.8 cm³/mol. The normalized spacial score (nSPS) is 33.9. The second-order valence-electron chi connectivity index (χ2n) is 5.58. The first-order valence-electron chi connectivity index (χ1n) is 6.46. The fourth-order valence-corrected chi connectivity index (χ4v) is 4.31. The van der Waals surface area contributed by atoms with E-state index >= 15 is 0 Å². The van der Waals surface area contributed by atoms with Gasteiger partial charge in [0.1, 0.15) is 0 Å². The average Bonchev–Trinajstić information content (AvgIpc) is 2.61. The summed E-state index contributed by atoms with van der Waals surface area (Å²) in [4.78, 5) is 0. The van der Waals surface area contributed by atoms with Crippen LogP contribution in [0.4, 0.5) is 0 Å². The van der Waals surface area contributed by atoms with Gasteiger partial charge in [0.15, 0.2) is 0 Å². The molecule has 0 radical (unpaired) electrons. The van der Waals surface area contributed by atoms with Gasteiger partial charge in [-0.1, -0.05) is 0 Å². The highest BCUT2D eigenvalue weighted by molar-refractivity contribution is 7.87. The van der Waals surface area contributed by atoms with Crippen molar-refractivity contribution in [3.63, 3.8) is 0 Å². The fourth-order valence-electron chi connectivity index (χ4n) is 2.97. The molecule has 2 rings (SSSR count). The van der Waals surface area contributed by atoms with E-state index in [1.54, 1.807) is 0 Å². The molecule has 3 atom stereocenters. The van der Waals surface area contributed by atoms with Gasteiger partial charge in [-0.15, -0.1) is 0 Å². The summed E-state index contributed by atoms with van der Waals surface area (Å²) in [6.07, 6.45) is 3.06. The minimum atomic E-state index is -3.33. The third kappa shape index (κ3) is 3.64. The van der Waals surface area contributed by atoms with Crippen molar-refractivity contribution in [2.24, 2.45) is 11.8 Å². The lowest BCUT2D eigenvalue weighted by Crippen LogP contribution is -2.47. The molecule has 5 nitrogen and oxygen atoms in total. The molecule has 6 heteroatoms. The topological polar surface area (TPSA) is 70.2 Å². The molecule has 3 N–H and O–H groups in total. The van der Waals surface area contributed by atoms with Crippen molar-refractivity contribution in [3.05, 3.63) is 0 Å². The van der Waals surface area contributed by atoms with Crippen LogP contribution in [0.25, 0.3) is 0 Å². The molecule has 1 saturated heterocycles. The number of rotatable bonds is 4. The summed E-state index contributed by atoms with van der Waals surface area (Å²) in [5, 5.41) is 3.39. The minimum absolute atomic E-state index is 0.0583. The van der Waals surface area contributed by atoms with Crippen LogP contribution in [0.2, 0.25) is 0 Å². The first kappa shape index (κ1) is 13.3. The molecule has 0 amide bonds. The van der Waals surface area contributed by atoms with Crippen LogP contribution in [0.1, 0.15) is 33.1 Å². The minimum Gasteiger partial charge on any atom is -0.316 e. The largest absolute Gasteiger partial charge is 0.316 e. The lowest BCUT2D eigenvalue weighted by molar-refractivity contribution is 0.259. The summed E-state index contributed by atoms with van der Waals surface area (Å²) in [5.74, 6) is 1.41. The smallest absolute Gasteiger partial charge is 0.277 e. The third-order valence-corrected chi connectivity index (χ3v) is 5.09. The van der Waals surface area contributed by atoms with Crippen molar-refractivity contribution in [1.82, 2.24) is 14.8 Å². The highest BCUT2D eigenvalue weighted by Gasteiger charge is 2.35. The molecule has 2 fully saturated rings. The van der Waals surface area contributed by atoms with E-state index in [1.807, 2.05) is 13.8 Å². The Bertz CT molecular complexity index is 356. The molecule has 1 saturated carbocycles. The van der Waals surface area contributed by atoms with E-state index in [9.17, 15) is 8.42 Å². The van der Waals surface area contributed by atoms with Gasteiger partial charge in [-0.05, 0) is 58.0 Å². The van der Waals surface area contributed by atoms with Crippen LogP contribution in [0.3, 0.4) is 0 Å². The molecule has 1 aliphatic carbocycles. The second kappa shape index (κ2) is 5.22. The SMILES string of the molecule is CC(C)NS(=O)(=O)NC1CC[C@H]2CNC[C@H]2C1. The summed E-state index contributed by atoms with van der Waals surface area (Å²) in [7, 11) is -3.33. The molecule has 1 aliphatic heterocycles. The standard InChI is InChI=1S/C11H23N3O2S/c1-8(2)13-17(15,16)14-11-4-3-9-6-12-7-10(9)5-11/h8-14H,3-7H2,1-2H3/t9-,10+,11?/m0/s1. The Hall–Kier alpha value is -0.170. The average molecular weight is 261 g/mol. The zero-order valence-electron chi connectivity index (χ0n) is 10.6. The van der Waals surface area contributed by atoms with Crippen molar-refractivity contribution in [1.29, 1.82) is 0 Å². The molecule has 17 heavy (non-hydrogen) atoms. The van der Waals surface area contributed by atoms with Gasteiger partial charge in [0, 0.05) is 12.1 Å². The van der Waals surface area contributed by atoms with E-state index in [1.165, 1.54) is 0 Å². The Morgan fingerprint density at radius 3 is 2.59 bits per heavy atom. The van der Waals surface area contributed by atoms with Gasteiger partial charge in [-0.2, -0.15) is 17.9 Å². The molecular weight excluding hydrogens is 238 g/mol. The Morgan fingerprint density at radius 1 is 1.18 bits per heavy atom. The van der Waals surface area contributed by atoms with Crippen LogP contribution in [-0.4, -0.2) is 33.6 Å². The predicted octanol–water partition coefficient (Wildman–Crippen LogP) is 0.207. The third-order valence-electron chi connectivity index (χ3n) is 3.67. The lowest BCUT2D eigenvalue weighted by Gasteiger charge is -2.31. The zero-order valence-corrected chi connectivity index (χ0v) is 11.4. The molecule has 0 bridgehead atoms. The zero-order chi connectivity index (χ0) is 12.5. The number of nitrogens with one attached hydrogen (secondary N) is 3. The molecule has 100 valence electrons. The first-order valence-corrected chi connectivity index (χ1v) is 7.95. The maximum absolute atomic E-state index is 11.8. The monoisotopic (exact) mass is 261 g/mol. The van der Waals surface area contributed by atoms with Crippen molar-refractivity contribution in [2.75, 3.05) is 13.1 Å². The molecule has 0 aromatic heterocycles. The highest BCUT2D eigenvalue weighted by atomic mass is 32.2. The quantitative estimate of drug-likeness (QED) is 0.677. The van der Waals surface area contributed by atoms with E-state index in [4.69, 9.17) is 0 Å². The summed E-state index contributed by atoms with van der Waals surface area (Å²) in [6, 6.07) is 0.0457. The van der Waals surface area contributed by atoms with Gasteiger partial charge in [0.25, 0.3) is 10.2 Å². The molecule has 0 aromatic rings. The van der Waals surface area contributed by atoms with Gasteiger partial charge in [0.2, 0.25) is 0 Å². The van der Waals surface area contributed by atoms with E-state index in [-0.39, 0.29) is 12.1 Å². The second-order valence-corrected chi connectivity index (χ2v) is 7.06. The molecule has 0 aromatic carbocycles. The Balaban J connectivity index is 1.87. The highest BCUT2D eigenvalue weighted by Crippen LogP contribution is 2.32. The fraction of sp³-hybridized carbons (Fsp3) is 1.00. The Labute approximate surface area is 104 Å². The van der Waals surface area contributed by atoms with E-state index in [2.05, 4.69) is 14.8 Å². The maximum Gasteiger partial charge on any atom is 0.277 e. The number of hydrogen-bond donors (Lipinski definition) is 3. The van der Waals surface area contributed by atoms with E-state index in [0.29, 0.717) is 5.92 Å². The van der Waals surface area contributed by atoms with Crippen LogP contribution in [0.5, 0.6) is 0 Å². The number of hydrogen-bond acceptors (Lipinski definition) is 3. The number of fused-ring (bicyclic) bond motifs is 1. The van der Waals surface area contributed by atoms with Crippen molar-refractivity contribution in [2.45, 2.75) is 45.2 Å². The van der Waals surface area contributed by atoms with Gasteiger partial charge in [-0.3, -0.25) is 0 Å². The van der Waals surface area contributed by atoms with E-state index < -0.39 is 10.2 Å². The van der Waals surface area contributed by atoms with Crippen molar-refractivity contribution in [3.8, 4) is 0 Å². The first-order chi connectivity index (χ1) is 7.96. The Kier molecular flexibility index (Phi) is 4.07. The van der Waals surface area contributed by atoms with E-state index in [0.717, 1.165) is 38.3 Å². The maximum atomic E-state index is 11.8. The lowest BCUT2D eigenvalue weighted by atomic mass is 9.79. The molecule has 0 spiro atoms. The van der Waals surface area contributed by atoms with Gasteiger partial charge < -0.3 is 5.32 Å². The van der Waals surface area contributed by atoms with Gasteiger partial charge >= 0.3 is 0 Å².